The van der Waals surface area contributed by atoms with Crippen LogP contribution in [0.1, 0.15) is 175 Å². The number of carbonyl (C=O) groups is 12. The van der Waals surface area contributed by atoms with Crippen LogP contribution in [0.2, 0.25) is 0 Å². The lowest BCUT2D eigenvalue weighted by molar-refractivity contribution is -0.219. The van der Waals surface area contributed by atoms with E-state index in [1.807, 2.05) is 0 Å². The molecule has 0 aromatic rings. The number of nitrogens with one attached hydrogen (secondary N) is 3. The summed E-state index contributed by atoms with van der Waals surface area (Å²) in [7, 11) is 8.08. The van der Waals surface area contributed by atoms with Crippen molar-refractivity contribution in [3.63, 3.8) is 0 Å². The standard InChI is InChI=1S/C73H112F8N12O13/c1-11-43(4)60-68(103)86(6)41-58(96)88(8)53-27-20-42(3)39-93(67(53)102)55(37-44-21-24-47(25-22-44)72(76,77)78)65(100)85(5)40-56(94)82-50(26-23-45-35-48(74)59(49(75)36-45)73(79,80)81)64(99)92-30-15-19-52(92)63(98)84-71(28-16-29-71)70(105)90(10)61(46-17-13-14-18-46)69(104)89(9)54(66(101)91-31-33-106-34-32-91)38-57(95)87(7)51(12-2)62(97)83-60/h42-55,59-61H,11-41H2,1-10H3,(H,82,94)(H,83,97)(H,84,98)/t42-,43+,44?,45?,47?,48?,49?,50+,51+,52+,53+,54+,55+,59?,60+,61+/m1/s1. The van der Waals surface area contributed by atoms with Crippen LogP contribution in [0.3, 0.4) is 0 Å². The maximum absolute atomic E-state index is 15.6. The van der Waals surface area contributed by atoms with Crippen LogP contribution >= 0.6 is 0 Å². The van der Waals surface area contributed by atoms with E-state index in [0.717, 1.165) is 24.5 Å². The van der Waals surface area contributed by atoms with Crippen molar-refractivity contribution in [2.75, 3.05) is 94.8 Å². The molecule has 4 saturated carbocycles. The fourth-order valence-electron chi connectivity index (χ4n) is 17.4. The number of morpholine rings is 1. The molecule has 0 radical (unpaired) electrons. The van der Waals surface area contributed by atoms with Crippen LogP contribution in [-0.4, -0.2) is 288 Å². The molecule has 4 aliphatic carbocycles. The minimum Gasteiger partial charge on any atom is -0.378 e. The second kappa shape index (κ2) is 36.0. The largest absolute Gasteiger partial charge is 0.397 e. The van der Waals surface area contributed by atoms with Gasteiger partial charge in [0.15, 0.2) is 0 Å². The number of fused-ring (bicyclic) bond motifs is 3. The van der Waals surface area contributed by atoms with E-state index in [1.165, 1.54) is 61.9 Å². The Morgan fingerprint density at radius 2 is 1.22 bits per heavy atom. The van der Waals surface area contributed by atoms with Crippen molar-refractivity contribution < 1.29 is 97.4 Å². The molecule has 12 atom stereocenters. The van der Waals surface area contributed by atoms with Crippen molar-refractivity contribution in [1.82, 2.24) is 60.0 Å². The number of carbonyl (C=O) groups excluding carboxylic acids is 12. The Labute approximate surface area is 616 Å². The van der Waals surface area contributed by atoms with Crippen LogP contribution in [0.5, 0.6) is 0 Å². The Morgan fingerprint density at radius 1 is 0.594 bits per heavy atom. The highest BCUT2D eigenvalue weighted by Gasteiger charge is 2.56. The monoisotopic (exact) mass is 1520 g/mol. The lowest BCUT2D eigenvalue weighted by Gasteiger charge is -2.47. The zero-order valence-electron chi connectivity index (χ0n) is 63.1. The number of hydrogen-bond acceptors (Lipinski definition) is 13. The molecule has 8 fully saturated rings. The van der Waals surface area contributed by atoms with E-state index < -0.39 is 224 Å². The highest BCUT2D eigenvalue weighted by Crippen LogP contribution is 2.46. The number of amides is 12. The maximum Gasteiger partial charge on any atom is 0.397 e. The quantitative estimate of drug-likeness (QED) is 0.227. The first-order valence-electron chi connectivity index (χ1n) is 38.2. The van der Waals surface area contributed by atoms with E-state index >= 15 is 37.5 Å². The number of likely N-dealkylation sites (N-methyl/N-ethyl adjacent to an activating group) is 6. The van der Waals surface area contributed by atoms with Crippen LogP contribution in [0.4, 0.5) is 35.1 Å². The first kappa shape index (κ1) is 84.7. The molecule has 8 rings (SSSR count). The third kappa shape index (κ3) is 19.7. The molecule has 2 bridgehead atoms. The zero-order valence-corrected chi connectivity index (χ0v) is 63.1. The predicted molar refractivity (Wildman–Crippen MR) is 370 cm³/mol. The molecular formula is C73H112F8N12O13. The van der Waals surface area contributed by atoms with Gasteiger partial charge in [-0.1, -0.05) is 47.0 Å². The number of rotatable bonds is 10. The number of ether oxygens (including phenoxy) is 1. The molecule has 4 aliphatic heterocycles. The van der Waals surface area contributed by atoms with Crippen molar-refractivity contribution in [1.29, 1.82) is 0 Å². The summed E-state index contributed by atoms with van der Waals surface area (Å²) in [5, 5.41) is 8.38. The van der Waals surface area contributed by atoms with Crippen molar-refractivity contribution >= 4 is 70.9 Å². The molecule has 0 aromatic carbocycles. The first-order chi connectivity index (χ1) is 49.8. The fraction of sp³-hybridized carbons (Fsp3) is 0.836. The minimum absolute atomic E-state index is 0.00417. The summed E-state index contributed by atoms with van der Waals surface area (Å²) >= 11 is 0. The zero-order chi connectivity index (χ0) is 78.2. The van der Waals surface area contributed by atoms with Crippen LogP contribution in [-0.2, 0) is 62.3 Å². The van der Waals surface area contributed by atoms with Crippen molar-refractivity contribution in [2.45, 2.75) is 254 Å². The normalized spacial score (nSPS) is 32.9. The van der Waals surface area contributed by atoms with Gasteiger partial charge in [0.25, 0.3) is 0 Å². The number of hydrogen-bond donors (Lipinski definition) is 3. The fourth-order valence-corrected chi connectivity index (χ4v) is 17.4. The average molecular weight is 1520 g/mol. The molecule has 106 heavy (non-hydrogen) atoms. The number of nitrogens with zero attached hydrogens (tertiary/aromatic N) is 9. The third-order valence-corrected chi connectivity index (χ3v) is 24.4. The molecular weight excluding hydrogens is 1400 g/mol. The number of halogens is 8. The smallest absolute Gasteiger partial charge is 0.378 e. The van der Waals surface area contributed by atoms with E-state index in [4.69, 9.17) is 4.74 Å². The first-order valence-corrected chi connectivity index (χ1v) is 38.2. The molecule has 25 nitrogen and oxygen atoms in total. The lowest BCUT2D eigenvalue weighted by atomic mass is 9.74. The molecule has 0 aromatic heterocycles. The second-order valence-electron chi connectivity index (χ2n) is 31.7. The van der Waals surface area contributed by atoms with Gasteiger partial charge in [0.05, 0.1) is 38.6 Å². The van der Waals surface area contributed by atoms with Crippen molar-refractivity contribution in [2.24, 2.45) is 41.4 Å². The maximum atomic E-state index is 15.6. The molecule has 4 heterocycles. The van der Waals surface area contributed by atoms with Gasteiger partial charge in [0.1, 0.15) is 72.1 Å². The molecule has 4 saturated heterocycles. The van der Waals surface area contributed by atoms with Gasteiger partial charge in [-0.3, -0.25) is 57.5 Å². The van der Waals surface area contributed by atoms with Gasteiger partial charge in [0.2, 0.25) is 70.9 Å². The summed E-state index contributed by atoms with van der Waals surface area (Å²) in [5.74, 6) is -16.6. The summed E-state index contributed by atoms with van der Waals surface area (Å²) in [5.41, 5.74) is -1.64. The van der Waals surface area contributed by atoms with Crippen LogP contribution in [0.25, 0.3) is 0 Å². The summed E-state index contributed by atoms with van der Waals surface area (Å²) in [6.07, 6.45) is -14.6. The van der Waals surface area contributed by atoms with E-state index in [0.29, 0.717) is 44.9 Å². The van der Waals surface area contributed by atoms with Gasteiger partial charge in [-0.25, -0.2) is 8.78 Å². The van der Waals surface area contributed by atoms with Gasteiger partial charge < -0.3 is 64.8 Å². The molecule has 598 valence electrons. The Kier molecular flexibility index (Phi) is 28.8. The summed E-state index contributed by atoms with van der Waals surface area (Å²) < 4.78 is 120. The molecule has 12 amide bonds. The van der Waals surface area contributed by atoms with Crippen LogP contribution < -0.4 is 16.0 Å². The predicted octanol–water partition coefficient (Wildman–Crippen LogP) is 5.55. The molecule has 1 spiro atoms. The van der Waals surface area contributed by atoms with Crippen molar-refractivity contribution in [3.8, 4) is 0 Å². The topological polar surface area (TPSA) is 279 Å². The molecule has 2 unspecified atom stereocenters. The Hall–Kier alpha value is -6.96. The van der Waals surface area contributed by atoms with E-state index in [-0.39, 0.29) is 122 Å². The Morgan fingerprint density at radius 3 is 1.79 bits per heavy atom. The lowest BCUT2D eigenvalue weighted by Crippen LogP contribution is -2.68. The van der Waals surface area contributed by atoms with Gasteiger partial charge in [0, 0.05) is 68.5 Å². The Balaban J connectivity index is 1.17. The Bertz CT molecular complexity index is 3150. The molecule has 8 aliphatic rings. The second-order valence-corrected chi connectivity index (χ2v) is 31.7. The summed E-state index contributed by atoms with van der Waals surface area (Å²) in [6.45, 7) is 5.83. The van der Waals surface area contributed by atoms with Gasteiger partial charge >= 0.3 is 12.4 Å². The average Bonchev–Trinajstić information content (AvgIpc) is 1.56. The number of alkyl halides is 8. The molecule has 33 heteroatoms. The summed E-state index contributed by atoms with van der Waals surface area (Å²) in [4.78, 5) is 191. The summed E-state index contributed by atoms with van der Waals surface area (Å²) in [6, 6.07) is -11.0. The van der Waals surface area contributed by atoms with Crippen molar-refractivity contribution in [3.05, 3.63) is 0 Å². The highest BCUT2D eigenvalue weighted by atomic mass is 19.4. The van der Waals surface area contributed by atoms with Gasteiger partial charge in [-0.15, -0.1) is 0 Å². The SMILES string of the molecule is CC[C@H](C)[C@@H]1NC(=O)[C@H](CC)N(C)C(=O)C[C@@H](C(=O)N2CCOCC2)N(C)C(=O)[C@H](C2CCCC2)N(C)C(=O)C2(CCC2)NC(=O)[C@@H]2CCCN2C(=O)[C@H](CCC2CC(F)C(C(F)(F)F)C(F)C2)NC(=O)CN(C)C(=O)[C@H](CC2CCC(C(F)(F)F)CC2)N2C[C@H](C)CC[C@@H](C2=O)N(C)C(=O)CN(C)C1=O. The van der Waals surface area contributed by atoms with E-state index in [2.05, 4.69) is 16.0 Å². The van der Waals surface area contributed by atoms with Gasteiger partial charge in [-0.2, -0.15) is 26.3 Å². The highest BCUT2D eigenvalue weighted by molar-refractivity contribution is 6.01. The van der Waals surface area contributed by atoms with Crippen LogP contribution in [0.15, 0.2) is 0 Å². The van der Waals surface area contributed by atoms with E-state index in [9.17, 15) is 55.1 Å². The third-order valence-electron chi connectivity index (χ3n) is 24.4. The molecule has 3 N–H and O–H groups in total. The van der Waals surface area contributed by atoms with E-state index in [1.54, 1.807) is 27.7 Å². The van der Waals surface area contributed by atoms with Gasteiger partial charge in [-0.05, 0) is 152 Å². The van der Waals surface area contributed by atoms with Crippen LogP contribution in [0, 0.1) is 41.4 Å². The minimum atomic E-state index is -5.20.